The summed E-state index contributed by atoms with van der Waals surface area (Å²) in [5.41, 5.74) is 6.97. The minimum absolute atomic E-state index is 0.0206. The van der Waals surface area contributed by atoms with Crippen LogP contribution in [0.15, 0.2) is 36.7 Å². The number of benzene rings is 2. The van der Waals surface area contributed by atoms with E-state index in [2.05, 4.69) is 20.2 Å². The molecule has 2 aromatic carbocycles. The molecule has 1 amide bonds. The Hall–Kier alpha value is -3.01. The second-order valence-electron chi connectivity index (χ2n) is 10.1. The van der Waals surface area contributed by atoms with Gasteiger partial charge in [-0.3, -0.25) is 9.69 Å². The Morgan fingerprint density at radius 2 is 2.05 bits per heavy atom. The molecule has 1 saturated heterocycles. The SMILES string of the molecule is COc1cc2ncnc(Nc3cccc(Cl)c3F)c2cc1CN(C)C1(C(N)=O)CCN(CC2CC2)CC1. The summed E-state index contributed by atoms with van der Waals surface area (Å²) in [6.07, 6.45) is 5.40. The summed E-state index contributed by atoms with van der Waals surface area (Å²) >= 11 is 5.96. The number of amides is 1. The zero-order valence-electron chi connectivity index (χ0n) is 21.1. The lowest BCUT2D eigenvalue weighted by Gasteiger charge is -2.45. The number of primary amides is 1. The Balaban J connectivity index is 1.43. The number of ether oxygens (including phenoxy) is 1. The van der Waals surface area contributed by atoms with Crippen molar-refractivity contribution in [3.8, 4) is 5.75 Å². The van der Waals surface area contributed by atoms with Gasteiger partial charge >= 0.3 is 0 Å². The lowest BCUT2D eigenvalue weighted by atomic mass is 9.84. The van der Waals surface area contributed by atoms with Crippen LogP contribution in [0.1, 0.15) is 31.2 Å². The Morgan fingerprint density at radius 3 is 2.73 bits per heavy atom. The van der Waals surface area contributed by atoms with Crippen LogP contribution in [-0.2, 0) is 11.3 Å². The van der Waals surface area contributed by atoms with E-state index in [0.29, 0.717) is 41.9 Å². The molecule has 1 aromatic heterocycles. The van der Waals surface area contributed by atoms with Gasteiger partial charge in [0.1, 0.15) is 23.4 Å². The number of likely N-dealkylation sites (N-methyl/N-ethyl adjacent to an activating group) is 1. The first-order valence-electron chi connectivity index (χ1n) is 12.6. The zero-order valence-corrected chi connectivity index (χ0v) is 21.9. The minimum atomic E-state index is -0.738. The molecule has 0 unspecified atom stereocenters. The molecule has 3 N–H and O–H groups in total. The summed E-state index contributed by atoms with van der Waals surface area (Å²) in [6.45, 7) is 3.25. The number of anilines is 2. The Labute approximate surface area is 220 Å². The number of carbonyl (C=O) groups excluding carboxylic acids is 1. The summed E-state index contributed by atoms with van der Waals surface area (Å²) in [5, 5.41) is 3.76. The molecule has 10 heteroatoms. The molecule has 196 valence electrons. The number of nitrogens with zero attached hydrogens (tertiary/aromatic N) is 4. The van der Waals surface area contributed by atoms with E-state index in [0.717, 1.165) is 31.1 Å². The predicted octanol–water partition coefficient (Wildman–Crippen LogP) is 4.34. The van der Waals surface area contributed by atoms with E-state index in [4.69, 9.17) is 22.1 Å². The van der Waals surface area contributed by atoms with Gasteiger partial charge in [-0.2, -0.15) is 0 Å². The number of halogens is 2. The average Bonchev–Trinajstić information content (AvgIpc) is 3.71. The molecule has 2 fully saturated rings. The molecule has 37 heavy (non-hydrogen) atoms. The molecule has 0 bridgehead atoms. The molecular weight excluding hydrogens is 495 g/mol. The number of methoxy groups -OCH3 is 1. The normalized spacial score (nSPS) is 17.8. The van der Waals surface area contributed by atoms with E-state index in [-0.39, 0.29) is 16.6 Å². The maximum absolute atomic E-state index is 14.6. The lowest BCUT2D eigenvalue weighted by molar-refractivity contribution is -0.133. The Morgan fingerprint density at radius 1 is 1.30 bits per heavy atom. The van der Waals surface area contributed by atoms with Gasteiger partial charge in [0, 0.05) is 43.2 Å². The van der Waals surface area contributed by atoms with Crippen LogP contribution in [0, 0.1) is 11.7 Å². The highest BCUT2D eigenvalue weighted by Crippen LogP contribution is 2.36. The van der Waals surface area contributed by atoms with Crippen molar-refractivity contribution in [2.45, 2.75) is 37.8 Å². The Kier molecular flexibility index (Phi) is 7.20. The van der Waals surface area contributed by atoms with Gasteiger partial charge in [-0.05, 0) is 56.8 Å². The van der Waals surface area contributed by atoms with Gasteiger partial charge in [0.25, 0.3) is 0 Å². The molecular formula is C27H32ClFN6O2. The summed E-state index contributed by atoms with van der Waals surface area (Å²) in [7, 11) is 3.54. The number of hydrogen-bond donors (Lipinski definition) is 2. The first-order chi connectivity index (χ1) is 17.8. The number of rotatable bonds is 9. The van der Waals surface area contributed by atoms with Crippen molar-refractivity contribution < 1.29 is 13.9 Å². The van der Waals surface area contributed by atoms with Crippen molar-refractivity contribution in [1.29, 1.82) is 0 Å². The Bertz CT molecular complexity index is 1310. The number of piperidine rings is 1. The van der Waals surface area contributed by atoms with Gasteiger partial charge in [-0.25, -0.2) is 14.4 Å². The molecule has 8 nitrogen and oxygen atoms in total. The predicted molar refractivity (Wildman–Crippen MR) is 143 cm³/mol. The second kappa shape index (κ2) is 10.4. The maximum Gasteiger partial charge on any atom is 0.238 e. The monoisotopic (exact) mass is 526 g/mol. The van der Waals surface area contributed by atoms with Crippen molar-refractivity contribution in [3.05, 3.63) is 53.1 Å². The van der Waals surface area contributed by atoms with Crippen LogP contribution in [0.25, 0.3) is 10.9 Å². The quantitative estimate of drug-likeness (QED) is 0.428. The van der Waals surface area contributed by atoms with Gasteiger partial charge < -0.3 is 20.7 Å². The van der Waals surface area contributed by atoms with E-state index in [1.807, 2.05) is 24.1 Å². The third-order valence-electron chi connectivity index (χ3n) is 7.74. The van der Waals surface area contributed by atoms with Crippen LogP contribution in [0.3, 0.4) is 0 Å². The van der Waals surface area contributed by atoms with Gasteiger partial charge in [-0.1, -0.05) is 17.7 Å². The zero-order chi connectivity index (χ0) is 26.2. The van der Waals surface area contributed by atoms with Crippen LogP contribution in [0.2, 0.25) is 5.02 Å². The molecule has 1 aliphatic carbocycles. The highest BCUT2D eigenvalue weighted by atomic mass is 35.5. The van der Waals surface area contributed by atoms with E-state index in [1.165, 1.54) is 25.2 Å². The van der Waals surface area contributed by atoms with Gasteiger partial charge in [-0.15, -0.1) is 0 Å². The van der Waals surface area contributed by atoms with Crippen LogP contribution < -0.4 is 15.8 Å². The fourth-order valence-corrected chi connectivity index (χ4v) is 5.44. The van der Waals surface area contributed by atoms with Crippen LogP contribution in [0.5, 0.6) is 5.75 Å². The van der Waals surface area contributed by atoms with Crippen LogP contribution in [-0.4, -0.2) is 65.0 Å². The highest BCUT2D eigenvalue weighted by molar-refractivity contribution is 6.31. The number of aromatic nitrogens is 2. The van der Waals surface area contributed by atoms with Crippen molar-refractivity contribution in [3.63, 3.8) is 0 Å². The number of likely N-dealkylation sites (tertiary alicyclic amines) is 1. The smallest absolute Gasteiger partial charge is 0.238 e. The molecule has 0 radical (unpaired) electrons. The number of fused-ring (bicyclic) bond motifs is 1. The summed E-state index contributed by atoms with van der Waals surface area (Å²) in [5.74, 6) is 1.04. The van der Waals surface area contributed by atoms with Crippen molar-refractivity contribution in [2.75, 3.05) is 39.1 Å². The molecule has 1 saturated carbocycles. The molecule has 5 rings (SSSR count). The third kappa shape index (κ3) is 5.21. The minimum Gasteiger partial charge on any atom is -0.496 e. The summed E-state index contributed by atoms with van der Waals surface area (Å²) in [4.78, 5) is 26.0. The summed E-state index contributed by atoms with van der Waals surface area (Å²) in [6, 6.07) is 8.50. The van der Waals surface area contributed by atoms with Crippen LogP contribution >= 0.6 is 11.6 Å². The first kappa shape index (κ1) is 25.6. The van der Waals surface area contributed by atoms with Crippen LogP contribution in [0.4, 0.5) is 15.9 Å². The van der Waals surface area contributed by atoms with Gasteiger partial charge in [0.05, 0.1) is 23.3 Å². The first-order valence-corrected chi connectivity index (χ1v) is 12.9. The standard InChI is InChI=1S/C27H32ClFN6O2/c1-34(27(26(30)36)8-10-35(11-9-27)14-17-6-7-17)15-18-12-19-22(13-23(18)37-2)31-16-32-25(19)33-21-5-3-4-20(28)24(21)29/h3-5,12-13,16-17H,6-11,14-15H2,1-2H3,(H2,30,36)(H,31,32,33). The molecule has 0 spiro atoms. The van der Waals surface area contributed by atoms with E-state index < -0.39 is 11.4 Å². The third-order valence-corrected chi connectivity index (χ3v) is 8.03. The molecule has 0 atom stereocenters. The molecule has 1 aliphatic heterocycles. The highest BCUT2D eigenvalue weighted by Gasteiger charge is 2.44. The van der Waals surface area contributed by atoms with Crippen molar-refractivity contribution in [1.82, 2.24) is 19.8 Å². The van der Waals surface area contributed by atoms with Crippen molar-refractivity contribution >= 4 is 39.9 Å². The second-order valence-corrected chi connectivity index (χ2v) is 10.5. The summed E-state index contributed by atoms with van der Waals surface area (Å²) < 4.78 is 20.3. The van der Waals surface area contributed by atoms with E-state index in [1.54, 1.807) is 19.2 Å². The molecule has 2 aliphatic rings. The average molecular weight is 527 g/mol. The molecule has 2 heterocycles. The fraction of sp³-hybridized carbons (Fsp3) is 0.444. The number of nitrogens with one attached hydrogen (secondary N) is 1. The van der Waals surface area contributed by atoms with Gasteiger partial charge in [0.15, 0.2) is 5.82 Å². The van der Waals surface area contributed by atoms with E-state index >= 15 is 0 Å². The topological polar surface area (TPSA) is 96.6 Å². The molecule has 3 aromatic rings. The van der Waals surface area contributed by atoms with Crippen molar-refractivity contribution in [2.24, 2.45) is 11.7 Å². The largest absolute Gasteiger partial charge is 0.496 e. The lowest BCUT2D eigenvalue weighted by Crippen LogP contribution is -2.61. The van der Waals surface area contributed by atoms with Gasteiger partial charge in [0.2, 0.25) is 5.91 Å². The fourth-order valence-electron chi connectivity index (χ4n) is 5.26. The number of nitrogens with two attached hydrogens (primary N) is 1. The number of carbonyl (C=O) groups is 1. The van der Waals surface area contributed by atoms with E-state index in [9.17, 15) is 9.18 Å². The maximum atomic E-state index is 14.6. The number of hydrogen-bond acceptors (Lipinski definition) is 7.